The highest BCUT2D eigenvalue weighted by Gasteiger charge is 2.17. The molecule has 0 bridgehead atoms. The van der Waals surface area contributed by atoms with E-state index in [1.165, 1.54) is 0 Å². The van der Waals surface area contributed by atoms with Crippen LogP contribution in [0.1, 0.15) is 24.5 Å². The van der Waals surface area contributed by atoms with Crippen LogP contribution < -0.4 is 15.8 Å². The first kappa shape index (κ1) is 20.7. The third kappa shape index (κ3) is 5.29. The van der Waals surface area contributed by atoms with Gasteiger partial charge >= 0.3 is 6.03 Å². The number of carbonyl (C=O) groups is 2. The molecule has 0 aliphatic carbocycles. The van der Waals surface area contributed by atoms with E-state index in [0.29, 0.717) is 29.5 Å². The summed E-state index contributed by atoms with van der Waals surface area (Å²) in [7, 11) is 0. The molecule has 2 aromatic carbocycles. The van der Waals surface area contributed by atoms with Gasteiger partial charge in [0.15, 0.2) is 6.10 Å². The minimum atomic E-state index is -0.669. The van der Waals surface area contributed by atoms with Crippen LogP contribution in [0.4, 0.5) is 10.5 Å². The number of amides is 3. The van der Waals surface area contributed by atoms with Gasteiger partial charge in [-0.1, -0.05) is 35.9 Å². The van der Waals surface area contributed by atoms with Crippen molar-refractivity contribution in [1.29, 1.82) is 0 Å². The summed E-state index contributed by atoms with van der Waals surface area (Å²) in [5, 5.41) is 3.41. The van der Waals surface area contributed by atoms with Gasteiger partial charge in [-0.25, -0.2) is 4.79 Å². The topological polar surface area (TPSA) is 84.7 Å². The van der Waals surface area contributed by atoms with E-state index in [-0.39, 0.29) is 5.91 Å². The summed E-state index contributed by atoms with van der Waals surface area (Å²) in [6.07, 6.45) is 2.09. The number of hydrogen-bond donors (Lipinski definition) is 2. The van der Waals surface area contributed by atoms with E-state index >= 15 is 0 Å². The molecule has 6 nitrogen and oxygen atoms in total. The maximum atomic E-state index is 12.4. The van der Waals surface area contributed by atoms with Gasteiger partial charge in [0.05, 0.1) is 0 Å². The summed E-state index contributed by atoms with van der Waals surface area (Å²) in [6, 6.07) is 12.5. The fraction of sp³-hybridized carbons (Fsp3) is 0.273. The first-order valence-corrected chi connectivity index (χ1v) is 9.79. The molecule has 152 valence electrons. The predicted molar refractivity (Wildman–Crippen MR) is 115 cm³/mol. The van der Waals surface area contributed by atoms with Gasteiger partial charge in [0.25, 0.3) is 5.91 Å². The van der Waals surface area contributed by atoms with Gasteiger partial charge in [-0.3, -0.25) is 4.79 Å². The Hall–Kier alpha value is -2.99. The molecule has 0 fully saturated rings. The number of anilines is 1. The quantitative estimate of drug-likeness (QED) is 0.769. The number of halogens is 1. The van der Waals surface area contributed by atoms with Crippen LogP contribution in [0.2, 0.25) is 5.02 Å². The van der Waals surface area contributed by atoms with E-state index in [1.807, 2.05) is 43.3 Å². The molecule has 1 atom stereocenters. The number of rotatable bonds is 5. The minimum absolute atomic E-state index is 0.249. The Morgan fingerprint density at radius 3 is 2.55 bits per heavy atom. The number of nitrogens with one attached hydrogen (secondary N) is 1. The van der Waals surface area contributed by atoms with Crippen molar-refractivity contribution in [3.05, 3.63) is 64.7 Å². The van der Waals surface area contributed by atoms with Gasteiger partial charge in [-0.2, -0.15) is 0 Å². The minimum Gasteiger partial charge on any atom is -0.481 e. The second kappa shape index (κ2) is 9.01. The smallest absolute Gasteiger partial charge is 0.315 e. The molecule has 3 rings (SSSR count). The molecule has 29 heavy (non-hydrogen) atoms. The Labute approximate surface area is 175 Å². The van der Waals surface area contributed by atoms with Crippen molar-refractivity contribution in [1.82, 2.24) is 4.90 Å². The standard InChI is InChI=1S/C22H24ClN3O3/c1-14-3-6-18(23)13-20(14)25-21(27)15(2)29-19-7-4-16(5-8-19)17-9-11-26(12-10-17)22(24)28/h3-9,13,15H,10-12H2,1-2H3,(H2,24,28)(H,25,27)/t15-/m1/s1. The Balaban J connectivity index is 1.60. The molecular weight excluding hydrogens is 390 g/mol. The van der Waals surface area contributed by atoms with Crippen LogP contribution in [0.3, 0.4) is 0 Å². The van der Waals surface area contributed by atoms with Crippen LogP contribution in [-0.2, 0) is 4.79 Å². The highest BCUT2D eigenvalue weighted by atomic mass is 35.5. The molecular formula is C22H24ClN3O3. The van der Waals surface area contributed by atoms with Gasteiger partial charge in [0.2, 0.25) is 0 Å². The fourth-order valence-electron chi connectivity index (χ4n) is 3.10. The van der Waals surface area contributed by atoms with Crippen molar-refractivity contribution in [3.8, 4) is 5.75 Å². The van der Waals surface area contributed by atoms with Crippen molar-refractivity contribution >= 4 is 34.8 Å². The van der Waals surface area contributed by atoms with Crippen molar-refractivity contribution in [2.45, 2.75) is 26.4 Å². The lowest BCUT2D eigenvalue weighted by Gasteiger charge is -2.25. The molecule has 3 amide bonds. The Morgan fingerprint density at radius 2 is 1.93 bits per heavy atom. The van der Waals surface area contributed by atoms with E-state index in [9.17, 15) is 9.59 Å². The van der Waals surface area contributed by atoms with E-state index in [4.69, 9.17) is 22.1 Å². The monoisotopic (exact) mass is 413 g/mol. The second-order valence-electron chi connectivity index (χ2n) is 7.00. The van der Waals surface area contributed by atoms with E-state index < -0.39 is 12.1 Å². The molecule has 2 aromatic rings. The van der Waals surface area contributed by atoms with Gasteiger partial charge in [0, 0.05) is 23.8 Å². The van der Waals surface area contributed by atoms with E-state index in [2.05, 4.69) is 5.32 Å². The average Bonchev–Trinajstić information content (AvgIpc) is 2.71. The molecule has 0 aromatic heterocycles. The number of hydrogen-bond acceptors (Lipinski definition) is 3. The molecule has 3 N–H and O–H groups in total. The first-order valence-electron chi connectivity index (χ1n) is 9.41. The van der Waals surface area contributed by atoms with Crippen LogP contribution in [0, 0.1) is 6.92 Å². The predicted octanol–water partition coefficient (Wildman–Crippen LogP) is 4.22. The summed E-state index contributed by atoms with van der Waals surface area (Å²) in [4.78, 5) is 25.3. The number of carbonyl (C=O) groups excluding carboxylic acids is 2. The maximum absolute atomic E-state index is 12.4. The van der Waals surface area contributed by atoms with Crippen LogP contribution in [0.25, 0.3) is 5.57 Å². The summed E-state index contributed by atoms with van der Waals surface area (Å²) in [6.45, 7) is 4.73. The Bertz CT molecular complexity index is 941. The average molecular weight is 414 g/mol. The molecule has 0 unspecified atom stereocenters. The lowest BCUT2D eigenvalue weighted by molar-refractivity contribution is -0.122. The first-order chi connectivity index (χ1) is 13.8. The number of primary amides is 1. The number of benzene rings is 2. The SMILES string of the molecule is Cc1ccc(Cl)cc1NC(=O)[C@@H](C)Oc1ccc(C2=CCN(C(N)=O)CC2)cc1. The number of aryl methyl sites for hydroxylation is 1. The molecule has 0 spiro atoms. The Kier molecular flexibility index (Phi) is 6.44. The van der Waals surface area contributed by atoms with Crippen molar-refractivity contribution in [2.24, 2.45) is 5.73 Å². The molecule has 1 aliphatic rings. The lowest BCUT2D eigenvalue weighted by atomic mass is 9.99. The normalized spacial score (nSPS) is 14.7. The van der Waals surface area contributed by atoms with Crippen LogP contribution in [-0.4, -0.2) is 36.0 Å². The maximum Gasteiger partial charge on any atom is 0.315 e. The summed E-state index contributed by atoms with van der Waals surface area (Å²) < 4.78 is 5.78. The zero-order valence-electron chi connectivity index (χ0n) is 16.4. The van der Waals surface area contributed by atoms with Crippen LogP contribution >= 0.6 is 11.6 Å². The van der Waals surface area contributed by atoms with Gasteiger partial charge in [0.1, 0.15) is 5.75 Å². The van der Waals surface area contributed by atoms with Gasteiger partial charge in [-0.15, -0.1) is 0 Å². The van der Waals surface area contributed by atoms with E-state index in [1.54, 1.807) is 24.0 Å². The summed E-state index contributed by atoms with van der Waals surface area (Å²) in [5.41, 5.74) is 9.13. The lowest BCUT2D eigenvalue weighted by Crippen LogP contribution is -2.38. The number of nitrogens with zero attached hydrogens (tertiary/aromatic N) is 1. The second-order valence-corrected chi connectivity index (χ2v) is 7.43. The highest BCUT2D eigenvalue weighted by Crippen LogP contribution is 2.25. The van der Waals surface area contributed by atoms with Crippen molar-refractivity contribution < 1.29 is 14.3 Å². The van der Waals surface area contributed by atoms with Gasteiger partial charge < -0.3 is 20.7 Å². The van der Waals surface area contributed by atoms with E-state index in [0.717, 1.165) is 23.1 Å². The largest absolute Gasteiger partial charge is 0.481 e. The van der Waals surface area contributed by atoms with Crippen molar-refractivity contribution in [2.75, 3.05) is 18.4 Å². The zero-order valence-corrected chi connectivity index (χ0v) is 17.2. The van der Waals surface area contributed by atoms with Crippen molar-refractivity contribution in [3.63, 3.8) is 0 Å². The third-order valence-electron chi connectivity index (χ3n) is 4.89. The number of ether oxygens (including phenoxy) is 1. The zero-order chi connectivity index (χ0) is 21.0. The number of nitrogens with two attached hydrogens (primary N) is 1. The molecule has 7 heteroatoms. The fourth-order valence-corrected chi connectivity index (χ4v) is 3.27. The summed E-state index contributed by atoms with van der Waals surface area (Å²) >= 11 is 6.00. The molecule has 1 aliphatic heterocycles. The molecule has 0 saturated carbocycles. The molecule has 1 heterocycles. The Morgan fingerprint density at radius 1 is 1.21 bits per heavy atom. The summed E-state index contributed by atoms with van der Waals surface area (Å²) in [5.74, 6) is 0.357. The van der Waals surface area contributed by atoms with Crippen LogP contribution in [0.15, 0.2) is 48.5 Å². The number of urea groups is 1. The van der Waals surface area contributed by atoms with Crippen LogP contribution in [0.5, 0.6) is 5.75 Å². The van der Waals surface area contributed by atoms with Gasteiger partial charge in [-0.05, 0) is 61.2 Å². The molecule has 0 radical (unpaired) electrons. The highest BCUT2D eigenvalue weighted by molar-refractivity contribution is 6.31. The third-order valence-corrected chi connectivity index (χ3v) is 5.12. The molecule has 0 saturated heterocycles.